The molecule has 158 valence electrons. The number of aliphatic hydroxyl groups is 1. The molecule has 2 heterocycles. The van der Waals surface area contributed by atoms with Gasteiger partial charge in [-0.2, -0.15) is 0 Å². The van der Waals surface area contributed by atoms with E-state index < -0.39 is 22.6 Å². The van der Waals surface area contributed by atoms with Crippen LogP contribution in [0.5, 0.6) is 0 Å². The number of hydrogen-bond donors (Lipinski definition) is 2. The van der Waals surface area contributed by atoms with Crippen LogP contribution in [0.3, 0.4) is 0 Å². The number of carbonyl (C=O) groups is 1. The number of nitrogens with one attached hydrogen (secondary N) is 1. The lowest BCUT2D eigenvalue weighted by Crippen LogP contribution is -2.36. The first-order valence-electron chi connectivity index (χ1n) is 9.53. The minimum absolute atomic E-state index is 0.159. The van der Waals surface area contributed by atoms with Gasteiger partial charge in [0.2, 0.25) is 0 Å². The third-order valence-electron chi connectivity index (χ3n) is 5.06. The number of aromatic amines is 1. The molecule has 4 aromatic rings. The Balaban J connectivity index is 1.78. The molecule has 31 heavy (non-hydrogen) atoms. The summed E-state index contributed by atoms with van der Waals surface area (Å²) in [6.07, 6.45) is -1.11. The number of carbonyl (C=O) groups excluding carboxylic acids is 1. The monoisotopic (exact) mass is 436 g/mol. The molecule has 0 saturated heterocycles. The maximum Gasteiger partial charge on any atom is 0.332 e. The number of hydrogen-bond acceptors (Lipinski definition) is 6. The molecule has 2 atom stereocenters. The van der Waals surface area contributed by atoms with E-state index in [9.17, 15) is 19.5 Å². The number of thioether (sulfide) groups is 1. The van der Waals surface area contributed by atoms with Crippen molar-refractivity contribution in [2.24, 2.45) is 14.1 Å². The number of rotatable bonds is 6. The molecule has 0 saturated carbocycles. The Morgan fingerprint density at radius 3 is 2.26 bits per heavy atom. The predicted octanol–water partition coefficient (Wildman–Crippen LogP) is 2.04. The second-order valence-corrected chi connectivity index (χ2v) is 8.20. The molecule has 0 amide bonds. The average Bonchev–Trinajstić information content (AvgIpc) is 3.24. The Morgan fingerprint density at radius 2 is 1.61 bits per heavy atom. The van der Waals surface area contributed by atoms with E-state index in [2.05, 4.69) is 9.97 Å². The van der Waals surface area contributed by atoms with E-state index in [1.54, 1.807) is 48.5 Å². The van der Waals surface area contributed by atoms with E-state index in [1.165, 1.54) is 18.7 Å². The van der Waals surface area contributed by atoms with Gasteiger partial charge in [-0.1, -0.05) is 72.4 Å². The molecule has 0 unspecified atom stereocenters. The quantitative estimate of drug-likeness (QED) is 0.354. The smallest absolute Gasteiger partial charge is 0.332 e. The third-order valence-corrected chi connectivity index (χ3v) is 6.20. The highest BCUT2D eigenvalue weighted by molar-refractivity contribution is 8.00. The van der Waals surface area contributed by atoms with Crippen molar-refractivity contribution in [3.8, 4) is 0 Å². The highest BCUT2D eigenvalue weighted by atomic mass is 32.2. The lowest BCUT2D eigenvalue weighted by molar-refractivity contribution is 0.0897. The normalized spacial score (nSPS) is 13.3. The van der Waals surface area contributed by atoms with Crippen molar-refractivity contribution >= 4 is 28.7 Å². The van der Waals surface area contributed by atoms with Gasteiger partial charge in [-0.3, -0.25) is 18.7 Å². The molecule has 4 rings (SSSR count). The lowest BCUT2D eigenvalue weighted by atomic mass is 10.00. The zero-order valence-corrected chi connectivity index (χ0v) is 17.7. The summed E-state index contributed by atoms with van der Waals surface area (Å²) in [5.74, 6) is -0.274. The lowest BCUT2D eigenvalue weighted by Gasteiger charge is -2.21. The van der Waals surface area contributed by atoms with E-state index >= 15 is 0 Å². The van der Waals surface area contributed by atoms with E-state index in [0.717, 1.165) is 16.3 Å². The Morgan fingerprint density at radius 1 is 1.00 bits per heavy atom. The third kappa shape index (κ3) is 3.85. The molecule has 2 aromatic carbocycles. The standard InChI is InChI=1S/C22H20N4O4S/c1-25-19-15(20(29)26(2)22(25)30)23-21(24-19)31-18(16(27)13-9-5-3-6-10-13)17(28)14-11-7-4-8-12-14/h3-12,16,18,27H,1-2H3,(H,23,24)/t16-,18+/m0/s1. The largest absolute Gasteiger partial charge is 0.387 e. The van der Waals surface area contributed by atoms with Crippen molar-refractivity contribution in [3.63, 3.8) is 0 Å². The van der Waals surface area contributed by atoms with Crippen molar-refractivity contribution in [2.75, 3.05) is 0 Å². The fourth-order valence-corrected chi connectivity index (χ4v) is 4.40. The van der Waals surface area contributed by atoms with Crippen LogP contribution in [0.4, 0.5) is 0 Å². The van der Waals surface area contributed by atoms with Gasteiger partial charge in [0.1, 0.15) is 5.25 Å². The van der Waals surface area contributed by atoms with Crippen LogP contribution >= 0.6 is 11.8 Å². The van der Waals surface area contributed by atoms with E-state index in [-0.39, 0.29) is 22.1 Å². The summed E-state index contributed by atoms with van der Waals surface area (Å²) in [5.41, 5.74) is 0.384. The van der Waals surface area contributed by atoms with Crippen LogP contribution in [0.2, 0.25) is 0 Å². The number of ketones is 1. The number of aromatic nitrogens is 4. The van der Waals surface area contributed by atoms with Crippen LogP contribution in [-0.2, 0) is 14.1 Å². The van der Waals surface area contributed by atoms with Gasteiger partial charge in [0, 0.05) is 19.7 Å². The Bertz CT molecular complexity index is 1360. The van der Waals surface area contributed by atoms with Crippen molar-refractivity contribution in [2.45, 2.75) is 16.5 Å². The van der Waals surface area contributed by atoms with Crippen LogP contribution in [0.25, 0.3) is 11.2 Å². The molecule has 2 N–H and O–H groups in total. The van der Waals surface area contributed by atoms with E-state index in [1.807, 2.05) is 12.1 Å². The summed E-state index contributed by atoms with van der Waals surface area (Å²) in [7, 11) is 2.91. The first-order valence-corrected chi connectivity index (χ1v) is 10.4. The van der Waals surface area contributed by atoms with Gasteiger partial charge in [0.25, 0.3) is 5.56 Å². The number of Topliss-reactive ketones (excluding diaryl/α,β-unsaturated/α-hetero) is 1. The minimum Gasteiger partial charge on any atom is -0.387 e. The number of H-pyrrole nitrogens is 1. The molecule has 0 aliphatic rings. The van der Waals surface area contributed by atoms with E-state index in [0.29, 0.717) is 11.1 Å². The van der Waals surface area contributed by atoms with Crippen LogP contribution in [0, 0.1) is 0 Å². The minimum atomic E-state index is -1.11. The number of imidazole rings is 1. The average molecular weight is 436 g/mol. The number of aliphatic hydroxyl groups excluding tert-OH is 1. The summed E-state index contributed by atoms with van der Waals surface area (Å²) < 4.78 is 2.25. The van der Waals surface area contributed by atoms with Gasteiger partial charge in [0.15, 0.2) is 22.1 Å². The van der Waals surface area contributed by atoms with Gasteiger partial charge in [-0.15, -0.1) is 0 Å². The van der Waals surface area contributed by atoms with Gasteiger partial charge in [0.05, 0.1) is 6.10 Å². The molecule has 0 spiro atoms. The Kier molecular flexibility index (Phi) is 5.62. The zero-order valence-electron chi connectivity index (χ0n) is 16.9. The highest BCUT2D eigenvalue weighted by Gasteiger charge is 2.31. The fraction of sp³-hybridized carbons (Fsp3) is 0.182. The van der Waals surface area contributed by atoms with Crippen LogP contribution in [-0.4, -0.2) is 35.2 Å². The van der Waals surface area contributed by atoms with Crippen LogP contribution in [0.15, 0.2) is 75.4 Å². The summed E-state index contributed by atoms with van der Waals surface area (Å²) >= 11 is 1.02. The number of nitrogens with zero attached hydrogens (tertiary/aromatic N) is 3. The first-order chi connectivity index (χ1) is 14.9. The second-order valence-electron chi connectivity index (χ2n) is 7.07. The van der Waals surface area contributed by atoms with Crippen molar-refractivity contribution < 1.29 is 9.90 Å². The molecule has 0 bridgehead atoms. The van der Waals surface area contributed by atoms with E-state index in [4.69, 9.17) is 0 Å². The van der Waals surface area contributed by atoms with Gasteiger partial charge in [-0.25, -0.2) is 9.78 Å². The van der Waals surface area contributed by atoms with Crippen molar-refractivity contribution in [1.82, 2.24) is 19.1 Å². The first kappa shape index (κ1) is 20.8. The Labute approximate surface area is 181 Å². The molecule has 9 heteroatoms. The van der Waals surface area contributed by atoms with Gasteiger partial charge in [-0.05, 0) is 5.56 Å². The number of benzene rings is 2. The van der Waals surface area contributed by atoms with Crippen LogP contribution < -0.4 is 11.2 Å². The molecule has 2 aromatic heterocycles. The topological polar surface area (TPSA) is 110 Å². The molecule has 0 aliphatic heterocycles. The molecular formula is C22H20N4O4S. The Hall–Kier alpha value is -3.43. The fourth-order valence-electron chi connectivity index (χ4n) is 3.33. The van der Waals surface area contributed by atoms with Gasteiger partial charge >= 0.3 is 5.69 Å². The molecule has 8 nitrogen and oxygen atoms in total. The maximum absolute atomic E-state index is 13.3. The van der Waals surface area contributed by atoms with Crippen LogP contribution in [0.1, 0.15) is 22.0 Å². The predicted molar refractivity (Wildman–Crippen MR) is 118 cm³/mol. The SMILES string of the molecule is Cn1c(=O)c2[nH]c(S[C@@H](C(=O)c3ccccc3)[C@@H](O)c3ccccc3)nc2n(C)c1=O. The van der Waals surface area contributed by atoms with Gasteiger partial charge < -0.3 is 10.1 Å². The number of aryl methyl sites for hydroxylation is 1. The van der Waals surface area contributed by atoms with Crippen molar-refractivity contribution in [3.05, 3.63) is 92.6 Å². The highest BCUT2D eigenvalue weighted by Crippen LogP contribution is 2.33. The maximum atomic E-state index is 13.3. The second kappa shape index (κ2) is 8.37. The molecule has 0 fully saturated rings. The summed E-state index contributed by atoms with van der Waals surface area (Å²) in [5, 5.41) is 10.4. The van der Waals surface area contributed by atoms with Crippen molar-refractivity contribution in [1.29, 1.82) is 0 Å². The summed E-state index contributed by atoms with van der Waals surface area (Å²) in [6, 6.07) is 17.6. The summed E-state index contributed by atoms with van der Waals surface area (Å²) in [4.78, 5) is 45.2. The zero-order chi connectivity index (χ0) is 22.1. The molecule has 0 aliphatic carbocycles. The molecular weight excluding hydrogens is 416 g/mol. The molecule has 0 radical (unpaired) electrons. The number of fused-ring (bicyclic) bond motifs is 1. The summed E-state index contributed by atoms with van der Waals surface area (Å²) in [6.45, 7) is 0.